The lowest BCUT2D eigenvalue weighted by molar-refractivity contribution is -0.174. The summed E-state index contributed by atoms with van der Waals surface area (Å²) in [6.07, 6.45) is -5.61. The van der Waals surface area contributed by atoms with Crippen LogP contribution in [-0.2, 0) is 9.59 Å². The second-order valence-electron chi connectivity index (χ2n) is 3.14. The normalized spacial score (nSPS) is 13.1. The number of carbonyl (C=O) groups is 2. The van der Waals surface area contributed by atoms with Gasteiger partial charge in [0.2, 0.25) is 0 Å². The highest BCUT2D eigenvalue weighted by molar-refractivity contribution is 7.10. The van der Waals surface area contributed by atoms with Crippen LogP contribution >= 0.6 is 11.3 Å². The molecule has 0 aliphatic rings. The van der Waals surface area contributed by atoms with Crippen LogP contribution in [0.25, 0.3) is 0 Å². The van der Waals surface area contributed by atoms with Crippen LogP contribution in [0.4, 0.5) is 13.2 Å². The molecule has 2 N–H and O–H groups in total. The minimum atomic E-state index is -5.02. The second kappa shape index (κ2) is 5.17. The molecular formula is C9H8F3NO3S. The first-order chi connectivity index (χ1) is 7.80. The van der Waals surface area contributed by atoms with Crippen molar-refractivity contribution in [2.45, 2.75) is 18.6 Å². The third-order valence-corrected chi connectivity index (χ3v) is 2.81. The lowest BCUT2D eigenvalue weighted by Crippen LogP contribution is -2.39. The molecule has 1 atom stereocenters. The van der Waals surface area contributed by atoms with E-state index in [4.69, 9.17) is 5.11 Å². The zero-order valence-corrected chi connectivity index (χ0v) is 9.14. The topological polar surface area (TPSA) is 66.4 Å². The first kappa shape index (κ1) is 13.5. The van der Waals surface area contributed by atoms with Crippen LogP contribution in [0, 0.1) is 0 Å². The summed E-state index contributed by atoms with van der Waals surface area (Å²) in [7, 11) is 0. The molecule has 1 aromatic heterocycles. The van der Waals surface area contributed by atoms with Gasteiger partial charge in [0.15, 0.2) is 0 Å². The highest BCUT2D eigenvalue weighted by atomic mass is 32.1. The number of aliphatic carboxylic acids is 1. The van der Waals surface area contributed by atoms with Gasteiger partial charge in [0.1, 0.15) is 0 Å². The zero-order chi connectivity index (χ0) is 13.1. The van der Waals surface area contributed by atoms with Crippen LogP contribution in [0.3, 0.4) is 0 Å². The fourth-order valence-corrected chi connectivity index (χ4v) is 1.90. The molecule has 1 heterocycles. The van der Waals surface area contributed by atoms with E-state index in [-0.39, 0.29) is 0 Å². The van der Waals surface area contributed by atoms with Gasteiger partial charge in [0.05, 0.1) is 12.5 Å². The van der Waals surface area contributed by atoms with E-state index >= 15 is 0 Å². The van der Waals surface area contributed by atoms with Crippen molar-refractivity contribution in [3.8, 4) is 0 Å². The van der Waals surface area contributed by atoms with Crippen molar-refractivity contribution in [1.29, 1.82) is 0 Å². The molecule has 4 nitrogen and oxygen atoms in total. The molecule has 1 aromatic rings. The van der Waals surface area contributed by atoms with Gasteiger partial charge in [-0.25, -0.2) is 0 Å². The lowest BCUT2D eigenvalue weighted by atomic mass is 10.1. The van der Waals surface area contributed by atoms with Gasteiger partial charge < -0.3 is 10.4 Å². The zero-order valence-electron chi connectivity index (χ0n) is 8.32. The van der Waals surface area contributed by atoms with Gasteiger partial charge in [-0.1, -0.05) is 6.07 Å². The maximum Gasteiger partial charge on any atom is 0.471 e. The Labute approximate surface area is 98.1 Å². The van der Waals surface area contributed by atoms with Gasteiger partial charge in [-0.05, 0) is 11.4 Å². The van der Waals surface area contributed by atoms with E-state index < -0.39 is 30.5 Å². The number of carboxylic acids is 1. The van der Waals surface area contributed by atoms with Gasteiger partial charge in [0, 0.05) is 4.88 Å². The van der Waals surface area contributed by atoms with E-state index in [1.165, 1.54) is 6.07 Å². The van der Waals surface area contributed by atoms with Gasteiger partial charge >= 0.3 is 18.1 Å². The van der Waals surface area contributed by atoms with Crippen LogP contribution < -0.4 is 5.32 Å². The summed E-state index contributed by atoms with van der Waals surface area (Å²) in [6.45, 7) is 0. The van der Waals surface area contributed by atoms with Crippen molar-refractivity contribution in [3.63, 3.8) is 0 Å². The predicted octanol–water partition coefficient (Wildman–Crippen LogP) is 1.94. The Kier molecular flexibility index (Phi) is 4.11. The molecule has 0 aliphatic carbocycles. The quantitative estimate of drug-likeness (QED) is 0.876. The summed E-state index contributed by atoms with van der Waals surface area (Å²) in [5.74, 6) is -3.43. The van der Waals surface area contributed by atoms with E-state index in [1.807, 2.05) is 0 Å². The Morgan fingerprint density at radius 3 is 2.53 bits per heavy atom. The van der Waals surface area contributed by atoms with Crippen molar-refractivity contribution < 1.29 is 27.9 Å². The molecule has 1 amide bonds. The first-order valence-electron chi connectivity index (χ1n) is 4.43. The van der Waals surface area contributed by atoms with Crippen molar-refractivity contribution >= 4 is 23.2 Å². The highest BCUT2D eigenvalue weighted by Gasteiger charge is 2.40. The fraction of sp³-hybridized carbons (Fsp3) is 0.333. The number of halogens is 3. The van der Waals surface area contributed by atoms with Gasteiger partial charge in [-0.15, -0.1) is 11.3 Å². The Balaban J connectivity index is 2.79. The minimum absolute atomic E-state index is 0.366. The van der Waals surface area contributed by atoms with E-state index in [0.717, 1.165) is 11.3 Å². The SMILES string of the molecule is O=C(O)C[C@@H](NC(=O)C(F)(F)F)c1cccs1. The maximum absolute atomic E-state index is 12.0. The van der Waals surface area contributed by atoms with Gasteiger partial charge in [-0.3, -0.25) is 9.59 Å². The molecular weight excluding hydrogens is 259 g/mol. The highest BCUT2D eigenvalue weighted by Crippen LogP contribution is 2.24. The largest absolute Gasteiger partial charge is 0.481 e. The predicted molar refractivity (Wildman–Crippen MR) is 53.5 cm³/mol. The van der Waals surface area contributed by atoms with Crippen molar-refractivity contribution in [1.82, 2.24) is 5.32 Å². The summed E-state index contributed by atoms with van der Waals surface area (Å²) >= 11 is 1.08. The van der Waals surface area contributed by atoms with Crippen LogP contribution in [0.5, 0.6) is 0 Å². The van der Waals surface area contributed by atoms with Crippen LogP contribution in [0.1, 0.15) is 17.3 Å². The Bertz CT molecular complexity index is 402. The number of amides is 1. The number of alkyl halides is 3. The van der Waals surface area contributed by atoms with Crippen LogP contribution in [0.15, 0.2) is 17.5 Å². The number of thiophene rings is 1. The number of rotatable bonds is 4. The molecule has 0 saturated heterocycles. The molecule has 17 heavy (non-hydrogen) atoms. The fourth-order valence-electron chi connectivity index (χ4n) is 1.13. The standard InChI is InChI=1S/C9H8F3NO3S/c10-9(11,12)8(16)13-5(4-7(14)15)6-2-1-3-17-6/h1-3,5H,4H2,(H,13,16)(H,14,15)/t5-/m1/s1. The van der Waals surface area contributed by atoms with E-state index in [2.05, 4.69) is 0 Å². The molecule has 1 rings (SSSR count). The molecule has 0 bridgehead atoms. The number of hydrogen-bond donors (Lipinski definition) is 2. The van der Waals surface area contributed by atoms with Crippen LogP contribution in [-0.4, -0.2) is 23.2 Å². The third-order valence-electron chi connectivity index (χ3n) is 1.83. The first-order valence-corrected chi connectivity index (χ1v) is 5.31. The molecule has 8 heteroatoms. The Morgan fingerprint density at radius 2 is 2.12 bits per heavy atom. The van der Waals surface area contributed by atoms with Gasteiger partial charge in [0.25, 0.3) is 0 Å². The number of hydrogen-bond acceptors (Lipinski definition) is 3. The molecule has 0 aromatic carbocycles. The van der Waals surface area contributed by atoms with Crippen molar-refractivity contribution in [2.75, 3.05) is 0 Å². The molecule has 0 radical (unpaired) electrons. The average Bonchev–Trinajstić information content (AvgIpc) is 2.66. The third kappa shape index (κ3) is 4.06. The number of nitrogens with one attached hydrogen (secondary N) is 1. The summed E-state index contributed by atoms with van der Waals surface area (Å²) < 4.78 is 36.1. The van der Waals surface area contributed by atoms with E-state index in [0.29, 0.717) is 4.88 Å². The van der Waals surface area contributed by atoms with E-state index in [9.17, 15) is 22.8 Å². The molecule has 94 valence electrons. The summed E-state index contributed by atoms with van der Waals surface area (Å²) in [6, 6.07) is 1.87. The van der Waals surface area contributed by atoms with Crippen molar-refractivity contribution in [2.24, 2.45) is 0 Å². The summed E-state index contributed by atoms with van der Waals surface area (Å²) in [5, 5.41) is 11.8. The molecule has 0 unspecified atom stereocenters. The molecule has 0 aliphatic heterocycles. The molecule has 0 saturated carbocycles. The molecule has 0 fully saturated rings. The number of carboxylic acid groups (broad SMARTS) is 1. The summed E-state index contributed by atoms with van der Waals surface area (Å²) in [4.78, 5) is 21.6. The smallest absolute Gasteiger partial charge is 0.471 e. The van der Waals surface area contributed by atoms with Crippen LogP contribution in [0.2, 0.25) is 0 Å². The maximum atomic E-state index is 12.0. The second-order valence-corrected chi connectivity index (χ2v) is 4.12. The van der Waals surface area contributed by atoms with Gasteiger partial charge in [-0.2, -0.15) is 13.2 Å². The monoisotopic (exact) mass is 267 g/mol. The van der Waals surface area contributed by atoms with E-state index in [1.54, 1.807) is 16.8 Å². The average molecular weight is 267 g/mol. The lowest BCUT2D eigenvalue weighted by Gasteiger charge is -2.16. The molecule has 0 spiro atoms. The Hall–Kier alpha value is -1.57. The van der Waals surface area contributed by atoms with Crippen molar-refractivity contribution in [3.05, 3.63) is 22.4 Å². The Morgan fingerprint density at radius 1 is 1.47 bits per heavy atom. The number of carbonyl (C=O) groups excluding carboxylic acids is 1. The summed E-state index contributed by atoms with van der Waals surface area (Å²) in [5.41, 5.74) is 0. The minimum Gasteiger partial charge on any atom is -0.481 e.